The minimum Gasteiger partial charge on any atom is -0.748 e. The molecule has 0 unspecified atom stereocenters. The third-order valence-corrected chi connectivity index (χ3v) is 3.75. The Bertz CT molecular complexity index is 684. The van der Waals surface area contributed by atoms with Crippen molar-refractivity contribution in [1.82, 2.24) is 15.1 Å². The van der Waals surface area contributed by atoms with Crippen LogP contribution in [0, 0.1) is 0 Å². The Balaban J connectivity index is 2.29. The summed E-state index contributed by atoms with van der Waals surface area (Å²) in [6, 6.07) is 3.43. The van der Waals surface area contributed by atoms with Crippen molar-refractivity contribution in [3.63, 3.8) is 0 Å². The maximum Gasteiger partial charge on any atom is 0.200 e. The van der Waals surface area contributed by atoms with Gasteiger partial charge < -0.3 is 4.55 Å². The molecule has 2 rings (SSSR count). The van der Waals surface area contributed by atoms with Crippen LogP contribution >= 0.6 is 0 Å². The second kappa shape index (κ2) is 5.22. The summed E-state index contributed by atoms with van der Waals surface area (Å²) in [5.41, 5.74) is -0.209. The third-order valence-electron chi connectivity index (χ3n) is 2.69. The van der Waals surface area contributed by atoms with Gasteiger partial charge in [0.2, 0.25) is 5.54 Å². The first-order chi connectivity index (χ1) is 9.28. The molecule has 0 radical (unpaired) electrons. The fraction of sp³-hybridized carbons (Fsp3) is 0.333. The van der Waals surface area contributed by atoms with Crippen LogP contribution in [-0.2, 0) is 15.7 Å². The van der Waals surface area contributed by atoms with Crippen molar-refractivity contribution in [2.75, 3.05) is 5.75 Å². The van der Waals surface area contributed by atoms with Gasteiger partial charge in [-0.3, -0.25) is 0 Å². The Hall–Kier alpha value is -1.93. The Labute approximate surface area is 117 Å². The summed E-state index contributed by atoms with van der Waals surface area (Å²) in [5.74, 6) is 0.000158. The molecule has 0 bridgehead atoms. The van der Waals surface area contributed by atoms with E-state index in [4.69, 9.17) is 0 Å². The van der Waals surface area contributed by atoms with Gasteiger partial charge in [0.1, 0.15) is 22.1 Å². The van der Waals surface area contributed by atoms with Crippen LogP contribution in [0.3, 0.4) is 0 Å². The summed E-state index contributed by atoms with van der Waals surface area (Å²) in [4.78, 5) is 8.19. The first kappa shape index (κ1) is 14.5. The first-order valence-corrected chi connectivity index (χ1v) is 7.45. The van der Waals surface area contributed by atoms with Crippen molar-refractivity contribution < 1.29 is 17.7 Å². The lowest BCUT2D eigenvalue weighted by Gasteiger charge is -2.18. The third kappa shape index (κ3) is 3.55. The minimum absolute atomic E-state index is 0.529. The zero-order chi connectivity index (χ0) is 14.8. The van der Waals surface area contributed by atoms with Gasteiger partial charge in [0.25, 0.3) is 0 Å². The average molecular weight is 294 g/mol. The SMILES string of the molecule is CC(C)(CS(=O)(=O)[O-])[n+]1ccc(-c2ncccn2)cn1. The molecular weight excluding hydrogens is 280 g/mol. The molecule has 0 saturated heterocycles. The molecule has 0 saturated carbocycles. The molecule has 0 aliphatic heterocycles. The van der Waals surface area contributed by atoms with Crippen molar-refractivity contribution in [1.29, 1.82) is 0 Å². The predicted molar refractivity (Wildman–Crippen MR) is 69.3 cm³/mol. The van der Waals surface area contributed by atoms with Crippen LogP contribution in [0.4, 0.5) is 0 Å². The minimum atomic E-state index is -4.33. The molecule has 20 heavy (non-hydrogen) atoms. The summed E-state index contributed by atoms with van der Waals surface area (Å²) in [5, 5.41) is 4.14. The zero-order valence-electron chi connectivity index (χ0n) is 11.1. The summed E-state index contributed by atoms with van der Waals surface area (Å²) < 4.78 is 34.1. The van der Waals surface area contributed by atoms with Gasteiger partial charge in [-0.05, 0) is 11.2 Å². The van der Waals surface area contributed by atoms with Crippen LogP contribution in [0.15, 0.2) is 36.9 Å². The van der Waals surface area contributed by atoms with Crippen LogP contribution in [0.25, 0.3) is 11.4 Å². The van der Waals surface area contributed by atoms with Gasteiger partial charge in [-0.2, -0.15) is 0 Å². The molecular formula is C12H14N4O3S. The molecule has 7 nitrogen and oxygen atoms in total. The van der Waals surface area contributed by atoms with E-state index < -0.39 is 21.4 Å². The first-order valence-electron chi connectivity index (χ1n) is 5.87. The second-order valence-corrected chi connectivity index (χ2v) is 6.35. The molecule has 2 aromatic rings. The zero-order valence-corrected chi connectivity index (χ0v) is 11.9. The largest absolute Gasteiger partial charge is 0.748 e. The molecule has 0 N–H and O–H groups in total. The molecule has 0 spiro atoms. The number of rotatable bonds is 4. The van der Waals surface area contributed by atoms with E-state index in [1.807, 2.05) is 0 Å². The van der Waals surface area contributed by atoms with E-state index in [0.717, 1.165) is 0 Å². The van der Waals surface area contributed by atoms with Crippen molar-refractivity contribution >= 4 is 10.1 Å². The standard InChI is InChI=1S/C12H14N4O3S/c1-12(2,9-20(17,18)19)16-7-4-10(8-15-16)11-13-5-3-6-14-11/h3-8H,9H2,1-2H3. The highest BCUT2D eigenvalue weighted by Crippen LogP contribution is 2.12. The second-order valence-electron chi connectivity index (χ2n) is 4.95. The van der Waals surface area contributed by atoms with Crippen molar-refractivity contribution in [2.24, 2.45) is 0 Å². The maximum atomic E-state index is 10.9. The van der Waals surface area contributed by atoms with E-state index >= 15 is 0 Å². The molecule has 0 amide bonds. The molecule has 0 atom stereocenters. The lowest BCUT2D eigenvalue weighted by Crippen LogP contribution is -2.58. The maximum absolute atomic E-state index is 10.9. The molecule has 2 aromatic heterocycles. The van der Waals surface area contributed by atoms with E-state index in [-0.39, 0.29) is 0 Å². The van der Waals surface area contributed by atoms with Crippen molar-refractivity contribution in [3.05, 3.63) is 36.9 Å². The van der Waals surface area contributed by atoms with Crippen molar-refractivity contribution in [2.45, 2.75) is 19.4 Å². The quantitative estimate of drug-likeness (QED) is 0.586. The Morgan fingerprint density at radius 2 is 1.95 bits per heavy atom. The molecule has 0 fully saturated rings. The Morgan fingerprint density at radius 1 is 1.30 bits per heavy atom. The molecule has 106 valence electrons. The average Bonchev–Trinajstić information content (AvgIpc) is 2.37. The Kier molecular flexibility index (Phi) is 3.78. The van der Waals surface area contributed by atoms with Gasteiger partial charge in [-0.15, -0.1) is 0 Å². The van der Waals surface area contributed by atoms with Gasteiger partial charge in [-0.25, -0.2) is 18.4 Å². The van der Waals surface area contributed by atoms with Gasteiger partial charge >= 0.3 is 0 Å². The highest BCUT2D eigenvalue weighted by atomic mass is 32.2. The van der Waals surface area contributed by atoms with E-state index in [1.165, 1.54) is 10.9 Å². The van der Waals surface area contributed by atoms with Gasteiger partial charge in [-0.1, -0.05) is 4.68 Å². The molecule has 8 heteroatoms. The predicted octanol–water partition coefficient (Wildman–Crippen LogP) is 0.106. The van der Waals surface area contributed by atoms with Crippen LogP contribution in [0.5, 0.6) is 0 Å². The Morgan fingerprint density at radius 3 is 2.45 bits per heavy atom. The molecule has 2 heterocycles. The highest BCUT2D eigenvalue weighted by Gasteiger charge is 2.33. The number of hydrogen-bond acceptors (Lipinski definition) is 6. The van der Waals surface area contributed by atoms with Crippen molar-refractivity contribution in [3.8, 4) is 11.4 Å². The number of aromatic nitrogens is 4. The van der Waals surface area contributed by atoms with Gasteiger partial charge in [0.15, 0.2) is 12.0 Å². The summed E-state index contributed by atoms with van der Waals surface area (Å²) >= 11 is 0. The normalized spacial score (nSPS) is 12.3. The molecule has 0 aliphatic carbocycles. The highest BCUT2D eigenvalue weighted by molar-refractivity contribution is 7.85. The van der Waals surface area contributed by atoms with E-state index in [9.17, 15) is 13.0 Å². The van der Waals surface area contributed by atoms with Gasteiger partial charge in [0.05, 0.1) is 0 Å². The van der Waals surface area contributed by atoms with Gasteiger partial charge in [0, 0.05) is 37.9 Å². The number of hydrogen-bond donors (Lipinski definition) is 0. The van der Waals surface area contributed by atoms with E-state index in [2.05, 4.69) is 15.1 Å². The topological polar surface area (TPSA) is 99.8 Å². The van der Waals surface area contributed by atoms with Crippen LogP contribution in [0.1, 0.15) is 13.8 Å². The van der Waals surface area contributed by atoms with Crippen LogP contribution < -0.4 is 4.68 Å². The molecule has 0 aliphatic rings. The smallest absolute Gasteiger partial charge is 0.200 e. The van der Waals surface area contributed by atoms with Crippen LogP contribution in [-0.4, -0.2) is 33.8 Å². The summed E-state index contributed by atoms with van der Waals surface area (Å²) in [6.07, 6.45) is 6.39. The molecule has 0 aromatic carbocycles. The van der Waals surface area contributed by atoms with Crippen LogP contribution in [0.2, 0.25) is 0 Å². The monoisotopic (exact) mass is 294 g/mol. The fourth-order valence-electron chi connectivity index (χ4n) is 1.79. The summed E-state index contributed by atoms with van der Waals surface area (Å²) in [7, 11) is -4.33. The van der Waals surface area contributed by atoms with E-state index in [0.29, 0.717) is 11.4 Å². The lowest BCUT2D eigenvalue weighted by molar-refractivity contribution is -0.804. The lowest BCUT2D eigenvalue weighted by atomic mass is 10.1. The summed E-state index contributed by atoms with van der Waals surface area (Å²) in [6.45, 7) is 3.27. The van der Waals surface area contributed by atoms with E-state index in [1.54, 1.807) is 44.6 Å². The fourth-order valence-corrected chi connectivity index (χ4v) is 2.79. The number of nitrogens with zero attached hydrogens (tertiary/aromatic N) is 4.